The first-order chi connectivity index (χ1) is 13.5. The molecule has 1 saturated carbocycles. The van der Waals surface area contributed by atoms with Crippen LogP contribution in [-0.2, 0) is 22.3 Å². The minimum absolute atomic E-state index is 0.126. The number of nitrogens with one attached hydrogen (secondary N) is 1. The zero-order valence-corrected chi connectivity index (χ0v) is 16.8. The Morgan fingerprint density at radius 2 is 2.14 bits per heavy atom. The van der Waals surface area contributed by atoms with E-state index in [1.54, 1.807) is 12.5 Å². The van der Waals surface area contributed by atoms with Gasteiger partial charge in [0, 0.05) is 30.3 Å². The second kappa shape index (κ2) is 9.43. The van der Waals surface area contributed by atoms with Crippen molar-refractivity contribution in [2.75, 3.05) is 7.05 Å². The van der Waals surface area contributed by atoms with Gasteiger partial charge in [0.25, 0.3) is 0 Å². The Morgan fingerprint density at radius 3 is 2.82 bits per heavy atom. The molecule has 2 unspecified atom stereocenters. The number of phenolic OH excluding ortho intramolecular Hbond substituents is 1. The van der Waals surface area contributed by atoms with Crippen LogP contribution in [0.1, 0.15) is 49.3 Å². The van der Waals surface area contributed by atoms with Gasteiger partial charge < -0.3 is 14.5 Å². The van der Waals surface area contributed by atoms with Gasteiger partial charge >= 0.3 is 0 Å². The van der Waals surface area contributed by atoms with Gasteiger partial charge in [0.15, 0.2) is 0 Å². The Kier molecular flexibility index (Phi) is 6.96. The van der Waals surface area contributed by atoms with Crippen molar-refractivity contribution in [1.82, 2.24) is 14.3 Å². The number of hydrogen-bond acceptors (Lipinski definition) is 4. The van der Waals surface area contributed by atoms with E-state index in [1.807, 2.05) is 4.57 Å². The predicted octanol–water partition coefficient (Wildman–Crippen LogP) is 3.49. The first-order valence-electron chi connectivity index (χ1n) is 9.60. The molecule has 6 nitrogen and oxygen atoms in total. The van der Waals surface area contributed by atoms with Crippen LogP contribution in [0.5, 0.6) is 5.75 Å². The van der Waals surface area contributed by atoms with Gasteiger partial charge in [0.1, 0.15) is 17.9 Å². The zero-order chi connectivity index (χ0) is 20.1. The van der Waals surface area contributed by atoms with Crippen molar-refractivity contribution in [3.8, 4) is 17.0 Å². The first kappa shape index (κ1) is 20.7. The van der Waals surface area contributed by atoms with Crippen LogP contribution in [0.15, 0.2) is 24.7 Å². The van der Waals surface area contributed by atoms with E-state index in [4.69, 9.17) is 0 Å². The Morgan fingerprint density at radius 1 is 1.39 bits per heavy atom. The Bertz CT molecular complexity index is 849. The molecular weight excluding hydrogens is 381 g/mol. The van der Waals surface area contributed by atoms with Crippen molar-refractivity contribution in [3.63, 3.8) is 0 Å². The normalized spacial score (nSPS) is 17.4. The molecule has 0 bridgehead atoms. The third kappa shape index (κ3) is 4.50. The van der Waals surface area contributed by atoms with Crippen LogP contribution in [0, 0.1) is 11.7 Å². The number of carbonyl (C=O) groups excluding carboxylic acids is 1. The summed E-state index contributed by atoms with van der Waals surface area (Å²) in [5, 5.41) is 9.20. The number of hydrogen-bond donors (Lipinski definition) is 2. The number of halogens is 1. The van der Waals surface area contributed by atoms with Gasteiger partial charge in [-0.2, -0.15) is 0 Å². The number of nitrogens with zero attached hydrogens (tertiary/aromatic N) is 2. The summed E-state index contributed by atoms with van der Waals surface area (Å²) < 4.78 is 32.0. The van der Waals surface area contributed by atoms with Crippen LogP contribution in [0.3, 0.4) is 0 Å². The summed E-state index contributed by atoms with van der Waals surface area (Å²) in [6, 6.07) is 2.82. The summed E-state index contributed by atoms with van der Waals surface area (Å²) in [6.07, 6.45) is 10.1. The van der Waals surface area contributed by atoms with Crippen LogP contribution in [0.2, 0.25) is 0 Å². The smallest absolute Gasteiger partial charge is 0.140 e. The number of phenols is 1. The molecule has 3 rings (SSSR count). The molecule has 0 saturated heterocycles. The van der Waals surface area contributed by atoms with E-state index in [2.05, 4.69) is 9.71 Å². The van der Waals surface area contributed by atoms with Gasteiger partial charge in [0.2, 0.25) is 0 Å². The topological polar surface area (TPSA) is 84.2 Å². The maximum absolute atomic E-state index is 15.3. The fourth-order valence-corrected chi connectivity index (χ4v) is 4.87. The number of aromatic hydroxyl groups is 1. The van der Waals surface area contributed by atoms with Crippen molar-refractivity contribution in [1.29, 1.82) is 0 Å². The largest absolute Gasteiger partial charge is 0.508 e. The van der Waals surface area contributed by atoms with E-state index in [1.165, 1.54) is 51.3 Å². The monoisotopic (exact) mass is 407 g/mol. The lowest BCUT2D eigenvalue weighted by molar-refractivity contribution is -0.107. The van der Waals surface area contributed by atoms with Crippen molar-refractivity contribution in [3.05, 3.63) is 36.0 Å². The van der Waals surface area contributed by atoms with E-state index >= 15 is 4.39 Å². The number of aldehydes is 1. The fraction of sp³-hybridized carbons (Fsp3) is 0.500. The molecule has 0 amide bonds. The zero-order valence-electron chi connectivity index (χ0n) is 15.9. The first-order valence-corrected chi connectivity index (χ1v) is 10.8. The molecule has 1 aromatic heterocycles. The van der Waals surface area contributed by atoms with Gasteiger partial charge in [-0.15, -0.1) is 0 Å². The molecule has 28 heavy (non-hydrogen) atoms. The number of imidazole rings is 1. The van der Waals surface area contributed by atoms with Gasteiger partial charge in [-0.3, -0.25) is 0 Å². The molecule has 2 aromatic rings. The highest BCUT2D eigenvalue weighted by Gasteiger charge is 2.27. The molecule has 1 aliphatic carbocycles. The Labute approximate surface area is 166 Å². The summed E-state index contributed by atoms with van der Waals surface area (Å²) in [6.45, 7) is 0.858. The fourth-order valence-electron chi connectivity index (χ4n) is 3.90. The van der Waals surface area contributed by atoms with E-state index in [-0.39, 0.29) is 23.3 Å². The molecular formula is C20H26FN3O3S. The highest BCUT2D eigenvalue weighted by Crippen LogP contribution is 2.37. The highest BCUT2D eigenvalue weighted by molar-refractivity contribution is 7.83. The van der Waals surface area contributed by atoms with Crippen molar-refractivity contribution in [2.24, 2.45) is 5.92 Å². The summed E-state index contributed by atoms with van der Waals surface area (Å²) in [5.74, 6) is -0.400. The van der Waals surface area contributed by atoms with Crippen LogP contribution in [0.4, 0.5) is 4.39 Å². The highest BCUT2D eigenvalue weighted by atomic mass is 32.2. The molecule has 1 heterocycles. The number of aromatic nitrogens is 2. The van der Waals surface area contributed by atoms with Crippen molar-refractivity contribution >= 4 is 17.3 Å². The maximum atomic E-state index is 15.3. The molecule has 2 N–H and O–H groups in total. The lowest BCUT2D eigenvalue weighted by atomic mass is 9.89. The average molecular weight is 408 g/mol. The number of benzene rings is 1. The molecule has 1 aromatic carbocycles. The Balaban J connectivity index is 1.90. The second-order valence-electron chi connectivity index (χ2n) is 7.21. The molecule has 0 spiro atoms. The average Bonchev–Trinajstić information content (AvgIpc) is 3.15. The van der Waals surface area contributed by atoms with Gasteiger partial charge in [-0.05, 0) is 37.9 Å². The van der Waals surface area contributed by atoms with Gasteiger partial charge in [-0.25, -0.2) is 18.3 Å². The molecule has 1 fully saturated rings. The van der Waals surface area contributed by atoms with Crippen LogP contribution in [-0.4, -0.2) is 32.2 Å². The molecule has 0 radical (unpaired) electrons. The maximum Gasteiger partial charge on any atom is 0.140 e. The minimum Gasteiger partial charge on any atom is -0.508 e. The van der Waals surface area contributed by atoms with Crippen LogP contribution < -0.4 is 4.72 Å². The van der Waals surface area contributed by atoms with E-state index in [0.717, 1.165) is 6.54 Å². The number of carbonyl (C=O) groups is 1. The second-order valence-corrected chi connectivity index (χ2v) is 8.78. The van der Waals surface area contributed by atoms with E-state index in [9.17, 15) is 14.1 Å². The lowest BCUT2D eigenvalue weighted by Gasteiger charge is -2.21. The lowest BCUT2D eigenvalue weighted by Crippen LogP contribution is -2.20. The van der Waals surface area contributed by atoms with Crippen molar-refractivity contribution in [2.45, 2.75) is 50.3 Å². The third-order valence-electron chi connectivity index (χ3n) is 5.35. The van der Waals surface area contributed by atoms with Crippen LogP contribution in [0.25, 0.3) is 11.3 Å². The van der Waals surface area contributed by atoms with Crippen molar-refractivity contribution < 1.29 is 18.5 Å². The van der Waals surface area contributed by atoms with E-state index in [0.29, 0.717) is 17.9 Å². The standard InChI is InChI=1S/C20H26FN3O3S/c1-22-28(27)18(9-10-25)19-17(26)8-7-15(20(19)21)16-12-24(13-23-16)11-14-5-3-2-4-6-14/h7-8,10,12-14,18,22,26H,2-6,9,11H2,1H3. The van der Waals surface area contributed by atoms with E-state index < -0.39 is 22.1 Å². The van der Waals surface area contributed by atoms with Gasteiger partial charge in [0.05, 0.1) is 28.3 Å². The molecule has 152 valence electrons. The molecule has 8 heteroatoms. The molecule has 0 aliphatic heterocycles. The summed E-state index contributed by atoms with van der Waals surface area (Å²) >= 11 is 0. The summed E-state index contributed by atoms with van der Waals surface area (Å²) in [5.41, 5.74) is 0.549. The SMILES string of the molecule is CNS(=O)C(CC=O)c1c(O)ccc(-c2cn(CC3CCCCC3)cn2)c1F. The predicted molar refractivity (Wildman–Crippen MR) is 106 cm³/mol. The summed E-state index contributed by atoms with van der Waals surface area (Å²) in [4.78, 5) is 15.3. The third-order valence-corrected chi connectivity index (χ3v) is 6.70. The number of rotatable bonds is 8. The molecule has 2 atom stereocenters. The quantitative estimate of drug-likeness (QED) is 0.656. The molecule has 1 aliphatic rings. The van der Waals surface area contributed by atoms with Gasteiger partial charge in [-0.1, -0.05) is 19.3 Å². The minimum atomic E-state index is -1.71. The summed E-state index contributed by atoms with van der Waals surface area (Å²) in [7, 11) is -0.250. The Hall–Kier alpha value is -2.06. The van der Waals surface area contributed by atoms with Crippen LogP contribution >= 0.6 is 0 Å².